The van der Waals surface area contributed by atoms with Crippen molar-refractivity contribution < 1.29 is 26.4 Å². The summed E-state index contributed by atoms with van der Waals surface area (Å²) in [5, 5.41) is 9.17. The van der Waals surface area contributed by atoms with Crippen LogP contribution in [0.15, 0.2) is 34.0 Å². The van der Waals surface area contributed by atoms with Crippen molar-refractivity contribution in [2.45, 2.75) is 37.8 Å². The van der Waals surface area contributed by atoms with Gasteiger partial charge in [0.15, 0.2) is 0 Å². The highest BCUT2D eigenvalue weighted by atomic mass is 32.2. The molecule has 0 bridgehead atoms. The average Bonchev–Trinajstić information content (AvgIpc) is 2.78. The summed E-state index contributed by atoms with van der Waals surface area (Å²) in [6, 6.07) is 5.88. The highest BCUT2D eigenvalue weighted by Gasteiger charge is 2.39. The van der Waals surface area contributed by atoms with Gasteiger partial charge in [0, 0.05) is 38.3 Å². The monoisotopic (exact) mass is 496 g/mol. The van der Waals surface area contributed by atoms with Crippen molar-refractivity contribution >= 4 is 15.9 Å². The zero-order valence-corrected chi connectivity index (χ0v) is 19.4. The minimum atomic E-state index is -4.81. The first-order valence-corrected chi connectivity index (χ1v) is 11.9. The fourth-order valence-corrected chi connectivity index (χ4v) is 5.69. The molecule has 1 N–H and O–H groups in total. The lowest BCUT2D eigenvalue weighted by Gasteiger charge is -2.34. The molecule has 1 aliphatic rings. The van der Waals surface area contributed by atoms with Gasteiger partial charge in [0.25, 0.3) is 5.56 Å². The molecular weight excluding hydrogens is 473 g/mol. The lowest BCUT2D eigenvalue weighted by atomic mass is 9.99. The van der Waals surface area contributed by atoms with Crippen LogP contribution in [0.1, 0.15) is 34.4 Å². The van der Waals surface area contributed by atoms with Crippen molar-refractivity contribution in [2.24, 2.45) is 0 Å². The number of pyridine rings is 1. The van der Waals surface area contributed by atoms with Gasteiger partial charge in [0.05, 0.1) is 10.5 Å². The number of aromatic nitrogens is 1. The fraction of sp³-hybridized carbons (Fsp3) is 0.409. The number of nitrogens with zero attached hydrogens (tertiary/aromatic N) is 3. The van der Waals surface area contributed by atoms with Crippen molar-refractivity contribution in [1.82, 2.24) is 14.2 Å². The highest BCUT2D eigenvalue weighted by Crippen LogP contribution is 2.35. The zero-order valence-electron chi connectivity index (χ0n) is 18.6. The quantitative estimate of drug-likeness (QED) is 0.683. The summed E-state index contributed by atoms with van der Waals surface area (Å²) < 4.78 is 66.6. The van der Waals surface area contributed by atoms with Gasteiger partial charge >= 0.3 is 6.18 Å². The summed E-state index contributed by atoms with van der Waals surface area (Å²) in [5.41, 5.74) is 0.0405. The van der Waals surface area contributed by atoms with Gasteiger partial charge in [-0.2, -0.15) is 22.7 Å². The van der Waals surface area contributed by atoms with E-state index in [1.54, 1.807) is 13.8 Å². The molecule has 0 saturated carbocycles. The van der Waals surface area contributed by atoms with Crippen LogP contribution in [-0.2, 0) is 27.4 Å². The van der Waals surface area contributed by atoms with Gasteiger partial charge in [-0.25, -0.2) is 8.42 Å². The predicted molar refractivity (Wildman–Crippen MR) is 116 cm³/mol. The number of benzene rings is 1. The van der Waals surface area contributed by atoms with Gasteiger partial charge in [0.1, 0.15) is 11.6 Å². The second-order valence-corrected chi connectivity index (χ2v) is 9.85. The van der Waals surface area contributed by atoms with Crippen molar-refractivity contribution in [1.29, 1.82) is 5.26 Å². The third kappa shape index (κ3) is 5.00. The van der Waals surface area contributed by atoms with E-state index in [2.05, 4.69) is 4.98 Å². The number of aromatic amines is 1. The first-order valence-electron chi connectivity index (χ1n) is 10.4. The molecule has 0 atom stereocenters. The number of piperazine rings is 1. The van der Waals surface area contributed by atoms with Gasteiger partial charge < -0.3 is 9.88 Å². The number of aryl methyl sites for hydroxylation is 1. The number of alkyl halides is 3. The maximum Gasteiger partial charge on any atom is 0.417 e. The molecule has 2 heterocycles. The molecule has 0 spiro atoms. The zero-order chi connectivity index (χ0) is 25.3. The number of hydrogen-bond acceptors (Lipinski definition) is 5. The fourth-order valence-electron chi connectivity index (χ4n) is 4.05. The van der Waals surface area contributed by atoms with Gasteiger partial charge in [-0.15, -0.1) is 0 Å². The maximum atomic E-state index is 13.3. The molecule has 1 saturated heterocycles. The van der Waals surface area contributed by atoms with Gasteiger partial charge in [0.2, 0.25) is 15.9 Å². The Hall–Kier alpha value is -3.17. The van der Waals surface area contributed by atoms with Crippen LogP contribution in [0.2, 0.25) is 0 Å². The Labute approximate surface area is 194 Å². The Morgan fingerprint density at radius 1 is 1.15 bits per heavy atom. The van der Waals surface area contributed by atoms with Crippen LogP contribution in [0.4, 0.5) is 13.2 Å². The van der Waals surface area contributed by atoms with Crippen molar-refractivity contribution in [3.05, 3.63) is 62.6 Å². The van der Waals surface area contributed by atoms with Crippen LogP contribution in [0, 0.1) is 25.2 Å². The molecule has 8 nitrogen and oxygen atoms in total. The molecule has 182 valence electrons. The summed E-state index contributed by atoms with van der Waals surface area (Å²) >= 11 is 0. The van der Waals surface area contributed by atoms with Crippen LogP contribution in [-0.4, -0.2) is 54.7 Å². The Kier molecular flexibility index (Phi) is 7.18. The number of carbonyl (C=O) groups is 1. The van der Waals surface area contributed by atoms with E-state index in [0.717, 1.165) is 22.5 Å². The second kappa shape index (κ2) is 9.60. The van der Waals surface area contributed by atoms with E-state index < -0.39 is 32.2 Å². The summed E-state index contributed by atoms with van der Waals surface area (Å²) in [5.74, 6) is -0.253. The minimum absolute atomic E-state index is 0.00833. The van der Waals surface area contributed by atoms with E-state index >= 15 is 0 Å². The summed E-state index contributed by atoms with van der Waals surface area (Å²) in [4.78, 5) is 27.8. The molecule has 1 aromatic heterocycles. The average molecular weight is 497 g/mol. The summed E-state index contributed by atoms with van der Waals surface area (Å²) in [6.45, 7) is 3.14. The summed E-state index contributed by atoms with van der Waals surface area (Å²) in [6.07, 6.45) is -4.47. The van der Waals surface area contributed by atoms with Crippen LogP contribution < -0.4 is 5.56 Å². The maximum absolute atomic E-state index is 13.3. The molecule has 1 aromatic carbocycles. The number of halogens is 3. The molecule has 1 amide bonds. The molecule has 1 fully saturated rings. The first-order chi connectivity index (χ1) is 15.9. The van der Waals surface area contributed by atoms with E-state index in [1.165, 1.54) is 11.0 Å². The highest BCUT2D eigenvalue weighted by molar-refractivity contribution is 7.89. The lowest BCUT2D eigenvalue weighted by molar-refractivity contribution is -0.139. The normalized spacial score (nSPS) is 15.2. The number of nitrogens with one attached hydrogen (secondary N) is 1. The van der Waals surface area contributed by atoms with Gasteiger partial charge in [-0.3, -0.25) is 9.59 Å². The number of carbonyl (C=O) groups excluding carboxylic acids is 1. The Morgan fingerprint density at radius 3 is 2.35 bits per heavy atom. The van der Waals surface area contributed by atoms with Crippen LogP contribution in [0.3, 0.4) is 0 Å². The smallest absolute Gasteiger partial charge is 0.340 e. The summed E-state index contributed by atoms with van der Waals surface area (Å²) in [7, 11) is -4.39. The largest absolute Gasteiger partial charge is 0.417 e. The van der Waals surface area contributed by atoms with Gasteiger partial charge in [-0.1, -0.05) is 12.1 Å². The molecule has 2 aromatic rings. The van der Waals surface area contributed by atoms with E-state index in [0.29, 0.717) is 16.8 Å². The SMILES string of the molecule is Cc1[nH]c(=O)c(C#N)c(C)c1CCC(=O)N1CCN(S(=O)(=O)c2ccccc2C(F)(F)F)CC1. The first kappa shape index (κ1) is 25.5. The minimum Gasteiger partial charge on any atom is -0.340 e. The molecule has 0 aliphatic carbocycles. The van der Waals surface area contributed by atoms with Crippen molar-refractivity contribution in [3.8, 4) is 6.07 Å². The number of amides is 1. The standard InChI is InChI=1S/C22H23F3N4O4S/c1-14-16(15(2)27-21(31)17(14)13-26)7-8-20(30)28-9-11-29(12-10-28)34(32,33)19-6-4-3-5-18(19)22(23,24)25/h3-6H,7-12H2,1-2H3,(H,27,31). The molecule has 12 heteroatoms. The Balaban J connectivity index is 1.68. The third-order valence-corrected chi connectivity index (χ3v) is 7.87. The number of rotatable bonds is 5. The molecular formula is C22H23F3N4O4S. The Bertz CT molecular complexity index is 1300. The Morgan fingerprint density at radius 2 is 1.76 bits per heavy atom. The number of H-pyrrole nitrogens is 1. The second-order valence-electron chi connectivity index (χ2n) is 7.95. The molecule has 0 unspecified atom stereocenters. The molecule has 0 radical (unpaired) electrons. The van der Waals surface area contributed by atoms with Crippen LogP contribution in [0.5, 0.6) is 0 Å². The third-order valence-electron chi connectivity index (χ3n) is 5.91. The van der Waals surface area contributed by atoms with Gasteiger partial charge in [-0.05, 0) is 43.5 Å². The van der Waals surface area contributed by atoms with Crippen LogP contribution in [0.25, 0.3) is 0 Å². The number of sulfonamides is 1. The van der Waals surface area contributed by atoms with Crippen LogP contribution >= 0.6 is 0 Å². The predicted octanol–water partition coefficient (Wildman–Crippen LogP) is 2.35. The number of hydrogen-bond donors (Lipinski definition) is 1. The van der Waals surface area contributed by atoms with E-state index in [4.69, 9.17) is 5.26 Å². The van der Waals surface area contributed by atoms with E-state index in [-0.39, 0.29) is 50.5 Å². The topological polar surface area (TPSA) is 114 Å². The molecule has 3 rings (SSSR count). The number of nitriles is 1. The van der Waals surface area contributed by atoms with E-state index in [1.807, 2.05) is 6.07 Å². The molecule has 34 heavy (non-hydrogen) atoms. The van der Waals surface area contributed by atoms with Crippen molar-refractivity contribution in [3.63, 3.8) is 0 Å². The van der Waals surface area contributed by atoms with E-state index in [9.17, 15) is 31.2 Å². The van der Waals surface area contributed by atoms with Crippen molar-refractivity contribution in [2.75, 3.05) is 26.2 Å². The lowest BCUT2D eigenvalue weighted by Crippen LogP contribution is -2.50. The molecule has 1 aliphatic heterocycles.